The number of aryl methyl sites for hydroxylation is 1. The van der Waals surface area contributed by atoms with Gasteiger partial charge in [-0.05, 0) is 43.0 Å². The second-order valence-corrected chi connectivity index (χ2v) is 8.08. The zero-order valence-electron chi connectivity index (χ0n) is 18.6. The lowest BCUT2D eigenvalue weighted by molar-refractivity contribution is -0.133. The molecule has 0 aliphatic heterocycles. The number of amides is 2. The van der Waals surface area contributed by atoms with Crippen LogP contribution >= 0.6 is 0 Å². The fourth-order valence-electron chi connectivity index (χ4n) is 4.23. The number of para-hydroxylation sites is 2. The Kier molecular flexibility index (Phi) is 6.75. The van der Waals surface area contributed by atoms with Gasteiger partial charge in [-0.15, -0.1) is 0 Å². The Balaban J connectivity index is 1.43. The highest BCUT2D eigenvalue weighted by Gasteiger charge is 2.26. The SMILES string of the molecule is CCN(C#N)C(=O)C(Cc1c[nH]c2ccccc12)NC(=O)CCCc1c[nH]c2ccccc12. The van der Waals surface area contributed by atoms with Gasteiger partial charge in [0.2, 0.25) is 5.91 Å². The maximum atomic E-state index is 13.0. The number of rotatable bonds is 9. The summed E-state index contributed by atoms with van der Waals surface area (Å²) < 4.78 is 0. The third kappa shape index (κ3) is 4.90. The quantitative estimate of drug-likeness (QED) is 0.270. The van der Waals surface area contributed by atoms with Crippen molar-refractivity contribution in [1.82, 2.24) is 20.2 Å². The summed E-state index contributed by atoms with van der Waals surface area (Å²) in [5, 5.41) is 14.4. The highest BCUT2D eigenvalue weighted by Crippen LogP contribution is 2.21. The summed E-state index contributed by atoms with van der Waals surface area (Å²) in [7, 11) is 0. The van der Waals surface area contributed by atoms with Gasteiger partial charge < -0.3 is 15.3 Å². The minimum absolute atomic E-state index is 0.193. The zero-order valence-corrected chi connectivity index (χ0v) is 18.6. The molecule has 0 spiro atoms. The van der Waals surface area contributed by atoms with Crippen molar-refractivity contribution in [1.29, 1.82) is 5.26 Å². The Morgan fingerprint density at radius 1 is 1.00 bits per heavy atom. The topological polar surface area (TPSA) is 105 Å². The number of H-pyrrole nitrogens is 2. The molecule has 0 aliphatic carbocycles. The van der Waals surface area contributed by atoms with Crippen LogP contribution in [0, 0.1) is 11.5 Å². The number of hydrogen-bond donors (Lipinski definition) is 3. The van der Waals surface area contributed by atoms with Crippen molar-refractivity contribution in [2.24, 2.45) is 0 Å². The molecule has 0 fully saturated rings. The van der Waals surface area contributed by atoms with Crippen LogP contribution in [0.25, 0.3) is 21.8 Å². The van der Waals surface area contributed by atoms with Gasteiger partial charge >= 0.3 is 0 Å². The number of aromatic nitrogens is 2. The van der Waals surface area contributed by atoms with Crippen LogP contribution in [-0.4, -0.2) is 39.3 Å². The number of carbonyl (C=O) groups is 2. The zero-order chi connectivity index (χ0) is 23.2. The van der Waals surface area contributed by atoms with Gasteiger partial charge in [-0.25, -0.2) is 4.90 Å². The molecule has 0 bridgehead atoms. The Hall–Kier alpha value is -4.05. The van der Waals surface area contributed by atoms with E-state index in [2.05, 4.69) is 21.4 Å². The highest BCUT2D eigenvalue weighted by atomic mass is 16.2. The molecule has 0 saturated heterocycles. The second kappa shape index (κ2) is 10.0. The van der Waals surface area contributed by atoms with E-state index >= 15 is 0 Å². The van der Waals surface area contributed by atoms with Gasteiger partial charge in [-0.1, -0.05) is 36.4 Å². The Labute approximate surface area is 192 Å². The Morgan fingerprint density at radius 2 is 1.61 bits per heavy atom. The van der Waals surface area contributed by atoms with E-state index in [9.17, 15) is 14.9 Å². The maximum Gasteiger partial charge on any atom is 0.258 e. The second-order valence-electron chi connectivity index (χ2n) is 8.08. The molecule has 7 heteroatoms. The molecule has 0 saturated carbocycles. The number of carbonyl (C=O) groups excluding carboxylic acids is 2. The van der Waals surface area contributed by atoms with Gasteiger partial charge in [0, 0.05) is 53.6 Å². The van der Waals surface area contributed by atoms with Crippen LogP contribution in [0.15, 0.2) is 60.9 Å². The molecule has 33 heavy (non-hydrogen) atoms. The summed E-state index contributed by atoms with van der Waals surface area (Å²) in [6.07, 6.45) is 7.81. The number of nitrogens with zero attached hydrogens (tertiary/aromatic N) is 2. The first kappa shape index (κ1) is 22.2. The van der Waals surface area contributed by atoms with Crippen molar-refractivity contribution in [2.45, 2.75) is 38.6 Å². The summed E-state index contributed by atoms with van der Waals surface area (Å²) in [6.45, 7) is 2.00. The molecule has 0 radical (unpaired) electrons. The smallest absolute Gasteiger partial charge is 0.258 e. The number of aromatic amines is 2. The molecule has 0 aliphatic rings. The van der Waals surface area contributed by atoms with Gasteiger partial charge in [0.15, 0.2) is 6.19 Å². The molecule has 1 atom stereocenters. The van der Waals surface area contributed by atoms with Crippen molar-refractivity contribution < 1.29 is 9.59 Å². The van der Waals surface area contributed by atoms with Gasteiger partial charge in [0.25, 0.3) is 5.91 Å². The lowest BCUT2D eigenvalue weighted by Gasteiger charge is -2.21. The molecule has 2 heterocycles. The van der Waals surface area contributed by atoms with Gasteiger partial charge in [0.05, 0.1) is 0 Å². The lowest BCUT2D eigenvalue weighted by Crippen LogP contribution is -2.48. The van der Waals surface area contributed by atoms with Crippen molar-refractivity contribution in [3.8, 4) is 6.19 Å². The van der Waals surface area contributed by atoms with Crippen LogP contribution in [0.1, 0.15) is 30.9 Å². The average Bonchev–Trinajstić information content (AvgIpc) is 3.44. The number of nitriles is 1. The third-order valence-corrected chi connectivity index (χ3v) is 5.96. The molecule has 2 aromatic heterocycles. The first-order valence-corrected chi connectivity index (χ1v) is 11.2. The predicted octanol–water partition coefficient (Wildman–Crippen LogP) is 4.03. The summed E-state index contributed by atoms with van der Waals surface area (Å²) in [6, 6.07) is 15.1. The van der Waals surface area contributed by atoms with E-state index in [1.807, 2.05) is 61.1 Å². The number of benzene rings is 2. The Morgan fingerprint density at radius 3 is 2.24 bits per heavy atom. The van der Waals surface area contributed by atoms with Crippen LogP contribution in [0.3, 0.4) is 0 Å². The summed E-state index contributed by atoms with van der Waals surface area (Å²) in [5.41, 5.74) is 4.15. The molecule has 7 nitrogen and oxygen atoms in total. The third-order valence-electron chi connectivity index (χ3n) is 5.96. The average molecular weight is 442 g/mol. The standard InChI is InChI=1S/C26H27N5O2/c1-2-31(17-27)26(33)24(14-19-16-29-23-12-6-4-10-21(19)23)30-25(32)13-7-8-18-15-28-22-11-5-3-9-20(18)22/h3-6,9-12,15-16,24,28-29H,2,7-8,13-14H2,1H3,(H,30,32). The van der Waals surface area contributed by atoms with Crippen molar-refractivity contribution >= 4 is 33.6 Å². The molecule has 168 valence electrons. The fourth-order valence-corrected chi connectivity index (χ4v) is 4.23. The van der Waals surface area contributed by atoms with Crippen LogP contribution in [-0.2, 0) is 22.4 Å². The molecule has 1 unspecified atom stereocenters. The van der Waals surface area contributed by atoms with Crippen LogP contribution in [0.4, 0.5) is 0 Å². The van der Waals surface area contributed by atoms with E-state index in [-0.39, 0.29) is 12.5 Å². The van der Waals surface area contributed by atoms with E-state index in [0.29, 0.717) is 19.3 Å². The molecule has 3 N–H and O–H groups in total. The summed E-state index contributed by atoms with van der Waals surface area (Å²) in [5.74, 6) is -0.586. The van der Waals surface area contributed by atoms with Crippen LogP contribution < -0.4 is 5.32 Å². The first-order chi connectivity index (χ1) is 16.1. The predicted molar refractivity (Wildman–Crippen MR) is 128 cm³/mol. The molecular weight excluding hydrogens is 414 g/mol. The monoisotopic (exact) mass is 441 g/mol. The largest absolute Gasteiger partial charge is 0.361 e. The fraction of sp³-hybridized carbons (Fsp3) is 0.269. The first-order valence-electron chi connectivity index (χ1n) is 11.2. The van der Waals surface area contributed by atoms with Crippen molar-refractivity contribution in [3.63, 3.8) is 0 Å². The van der Waals surface area contributed by atoms with Crippen molar-refractivity contribution in [2.75, 3.05) is 6.54 Å². The normalized spacial score (nSPS) is 11.9. The van der Waals surface area contributed by atoms with Crippen molar-refractivity contribution in [3.05, 3.63) is 72.1 Å². The van der Waals surface area contributed by atoms with Crippen LogP contribution in [0.5, 0.6) is 0 Å². The molecule has 2 aromatic carbocycles. The number of hydrogen-bond acceptors (Lipinski definition) is 3. The number of likely N-dealkylation sites (N-methyl/N-ethyl adjacent to an activating group) is 1. The minimum Gasteiger partial charge on any atom is -0.361 e. The van der Waals surface area contributed by atoms with Crippen LogP contribution in [0.2, 0.25) is 0 Å². The van der Waals surface area contributed by atoms with E-state index in [0.717, 1.165) is 38.7 Å². The van der Waals surface area contributed by atoms with Gasteiger partial charge in [-0.2, -0.15) is 5.26 Å². The summed E-state index contributed by atoms with van der Waals surface area (Å²) in [4.78, 5) is 33.3. The number of nitrogens with one attached hydrogen (secondary N) is 3. The van der Waals surface area contributed by atoms with Gasteiger partial charge in [0.1, 0.15) is 6.04 Å². The van der Waals surface area contributed by atoms with E-state index < -0.39 is 11.9 Å². The molecule has 4 aromatic rings. The lowest BCUT2D eigenvalue weighted by atomic mass is 10.0. The Bertz CT molecular complexity index is 1310. The van der Waals surface area contributed by atoms with E-state index in [1.54, 1.807) is 6.92 Å². The van der Waals surface area contributed by atoms with E-state index in [1.165, 1.54) is 5.56 Å². The summed E-state index contributed by atoms with van der Waals surface area (Å²) >= 11 is 0. The number of fused-ring (bicyclic) bond motifs is 2. The van der Waals surface area contributed by atoms with Gasteiger partial charge in [-0.3, -0.25) is 9.59 Å². The molecular formula is C26H27N5O2. The maximum absolute atomic E-state index is 13.0. The molecule has 2 amide bonds. The minimum atomic E-state index is -0.801. The molecule has 4 rings (SSSR count). The highest BCUT2D eigenvalue weighted by molar-refractivity contribution is 5.90. The van der Waals surface area contributed by atoms with E-state index in [4.69, 9.17) is 0 Å².